The molecule has 1 aromatic carbocycles. The molecule has 0 N–H and O–H groups in total. The van der Waals surface area contributed by atoms with E-state index in [2.05, 4.69) is 6.58 Å². The summed E-state index contributed by atoms with van der Waals surface area (Å²) in [6, 6.07) is 8.24. The van der Waals surface area contributed by atoms with Crippen molar-refractivity contribution in [3.63, 3.8) is 0 Å². The van der Waals surface area contributed by atoms with E-state index >= 15 is 0 Å². The van der Waals surface area contributed by atoms with Crippen molar-refractivity contribution in [2.75, 3.05) is 0 Å². The van der Waals surface area contributed by atoms with Gasteiger partial charge in [0.1, 0.15) is 9.84 Å². The molecule has 0 aromatic heterocycles. The van der Waals surface area contributed by atoms with E-state index in [-0.39, 0.29) is 37.7 Å². The number of benzene rings is 1. The van der Waals surface area contributed by atoms with E-state index in [0.29, 0.717) is 4.90 Å². The van der Waals surface area contributed by atoms with Gasteiger partial charge in [0.2, 0.25) is 0 Å². The fourth-order valence-electron chi connectivity index (χ4n) is 0.815. The van der Waals surface area contributed by atoms with Crippen molar-refractivity contribution in [3.05, 3.63) is 48.7 Å². The molecule has 1 rings (SSSR count). The monoisotopic (exact) mass is 195 g/mol. The van der Waals surface area contributed by atoms with E-state index < -0.39 is 9.84 Å². The summed E-state index contributed by atoms with van der Waals surface area (Å²) >= 11 is 0. The standard InChI is InChI=1S/C9H9O2S.2Li/c1-2-8-12(10,11)9-6-4-3-5-7-9;;/h2-8H,1H2;;/q-1;2*+1. The van der Waals surface area contributed by atoms with Gasteiger partial charge in [-0.3, -0.25) is 0 Å². The smallest absolute Gasteiger partial charge is 0.244 e. The second-order valence-corrected chi connectivity index (χ2v) is 4.06. The van der Waals surface area contributed by atoms with Gasteiger partial charge in [0.25, 0.3) is 0 Å². The van der Waals surface area contributed by atoms with Gasteiger partial charge < -0.3 is 0 Å². The van der Waals surface area contributed by atoms with Crippen molar-refractivity contribution >= 4 is 9.84 Å². The molecule has 0 atom stereocenters. The van der Waals surface area contributed by atoms with Crippen LogP contribution in [0.4, 0.5) is 0 Å². The summed E-state index contributed by atoms with van der Waals surface area (Å²) in [5, 5.41) is 0. The summed E-state index contributed by atoms with van der Waals surface area (Å²) in [7, 11) is -3.25. The van der Waals surface area contributed by atoms with Gasteiger partial charge in [0.15, 0.2) is 0 Å². The molecular weight excluding hydrogens is 186 g/mol. The van der Waals surface area contributed by atoms with Gasteiger partial charge in [-0.25, -0.2) is 21.1 Å². The SMILES string of the molecule is C=C[CH-]S(=O)(=O)c1ccccc1.[Li+].[Li+]. The van der Waals surface area contributed by atoms with Crippen LogP contribution in [0.5, 0.6) is 0 Å². The summed E-state index contributed by atoms with van der Waals surface area (Å²) in [5.41, 5.74) is 0. The predicted molar refractivity (Wildman–Crippen MR) is 48.1 cm³/mol. The molecule has 0 fully saturated rings. The normalized spacial score (nSPS) is 9.14. The molecule has 2 nitrogen and oxygen atoms in total. The maximum Gasteiger partial charge on any atom is 1.00 e. The van der Waals surface area contributed by atoms with Crippen LogP contribution in [0.3, 0.4) is 0 Å². The molecule has 0 aliphatic rings. The van der Waals surface area contributed by atoms with Crippen molar-refractivity contribution in [1.82, 2.24) is 0 Å². The minimum absolute atomic E-state index is 0. The third-order valence-corrected chi connectivity index (χ3v) is 2.83. The quantitative estimate of drug-likeness (QED) is 0.362. The zero-order chi connectivity index (χ0) is 9.03. The Morgan fingerprint density at radius 3 is 2.07 bits per heavy atom. The third-order valence-electron chi connectivity index (χ3n) is 1.35. The minimum Gasteiger partial charge on any atom is -0.244 e. The fourth-order valence-corrected chi connectivity index (χ4v) is 1.76. The second-order valence-electron chi connectivity index (χ2n) is 2.23. The molecule has 0 heterocycles. The Balaban J connectivity index is 0. The zero-order valence-corrected chi connectivity index (χ0v) is 9.29. The fraction of sp³-hybridized carbons (Fsp3) is 0. The van der Waals surface area contributed by atoms with Crippen molar-refractivity contribution in [2.24, 2.45) is 0 Å². The topological polar surface area (TPSA) is 34.1 Å². The van der Waals surface area contributed by atoms with E-state index in [4.69, 9.17) is 0 Å². The van der Waals surface area contributed by atoms with Crippen LogP contribution in [0.15, 0.2) is 47.9 Å². The summed E-state index contributed by atoms with van der Waals surface area (Å²) in [6.45, 7) is 3.34. The van der Waals surface area contributed by atoms with Crippen molar-refractivity contribution < 1.29 is 46.1 Å². The Morgan fingerprint density at radius 1 is 1.14 bits per heavy atom. The van der Waals surface area contributed by atoms with Gasteiger partial charge in [-0.05, 0) is 12.1 Å². The van der Waals surface area contributed by atoms with Gasteiger partial charge in [0, 0.05) is 0 Å². The average molecular weight is 195 g/mol. The van der Waals surface area contributed by atoms with Crippen LogP contribution in [0.1, 0.15) is 0 Å². The van der Waals surface area contributed by atoms with Crippen molar-refractivity contribution in [2.45, 2.75) is 4.90 Å². The number of hydrogen-bond donors (Lipinski definition) is 0. The zero-order valence-electron chi connectivity index (χ0n) is 8.47. The van der Waals surface area contributed by atoms with E-state index in [1.165, 1.54) is 6.08 Å². The molecule has 1 aromatic rings. The Hall–Kier alpha value is -0.0252. The van der Waals surface area contributed by atoms with E-state index in [0.717, 1.165) is 5.75 Å². The van der Waals surface area contributed by atoms with Gasteiger partial charge in [-0.1, -0.05) is 18.2 Å². The second kappa shape index (κ2) is 7.29. The molecule has 0 saturated heterocycles. The summed E-state index contributed by atoms with van der Waals surface area (Å²) in [6.07, 6.45) is 1.27. The van der Waals surface area contributed by atoms with E-state index in [1.54, 1.807) is 30.3 Å². The molecule has 0 aliphatic heterocycles. The molecule has 0 aliphatic carbocycles. The summed E-state index contributed by atoms with van der Waals surface area (Å²) in [5.74, 6) is 1.09. The average Bonchev–Trinajstić information content (AvgIpc) is 2.06. The Kier molecular flexibility index (Phi) is 8.54. The van der Waals surface area contributed by atoms with Crippen LogP contribution >= 0.6 is 0 Å². The first-order chi connectivity index (χ1) is 5.67. The molecule has 64 valence electrons. The Bertz CT molecular complexity index is 360. The van der Waals surface area contributed by atoms with Crippen molar-refractivity contribution in [1.29, 1.82) is 0 Å². The molecule has 0 saturated carbocycles. The molecule has 0 unspecified atom stereocenters. The first kappa shape index (κ1) is 16.4. The first-order valence-electron chi connectivity index (χ1n) is 3.43. The van der Waals surface area contributed by atoms with Crippen LogP contribution < -0.4 is 37.7 Å². The Morgan fingerprint density at radius 2 is 1.64 bits per heavy atom. The number of rotatable bonds is 3. The van der Waals surface area contributed by atoms with Crippen molar-refractivity contribution in [3.8, 4) is 0 Å². The molecule has 5 heteroatoms. The molecule has 14 heavy (non-hydrogen) atoms. The summed E-state index contributed by atoms with van der Waals surface area (Å²) in [4.78, 5) is 0.296. The van der Waals surface area contributed by atoms with Gasteiger partial charge >= 0.3 is 37.7 Å². The van der Waals surface area contributed by atoms with Crippen LogP contribution in [0.25, 0.3) is 0 Å². The molecule has 0 radical (unpaired) electrons. The maximum absolute atomic E-state index is 11.3. The van der Waals surface area contributed by atoms with Gasteiger partial charge in [0.05, 0.1) is 4.90 Å². The van der Waals surface area contributed by atoms with Crippen LogP contribution in [-0.4, -0.2) is 8.42 Å². The van der Waals surface area contributed by atoms with Gasteiger partial charge in [-0.15, -0.1) is 5.75 Å². The number of hydrogen-bond acceptors (Lipinski definition) is 2. The van der Waals surface area contributed by atoms with Crippen LogP contribution in [0.2, 0.25) is 0 Å². The predicted octanol–water partition coefficient (Wildman–Crippen LogP) is -4.18. The van der Waals surface area contributed by atoms with Crippen LogP contribution in [-0.2, 0) is 9.84 Å². The van der Waals surface area contributed by atoms with E-state index in [9.17, 15) is 8.42 Å². The first-order valence-corrected chi connectivity index (χ1v) is 4.97. The molecular formula is C9H9Li2O2S+. The van der Waals surface area contributed by atoms with E-state index in [1.807, 2.05) is 0 Å². The largest absolute Gasteiger partial charge is 1.00 e. The van der Waals surface area contributed by atoms with Crippen LogP contribution in [0, 0.1) is 5.75 Å². The molecule has 0 bridgehead atoms. The molecule has 0 spiro atoms. The summed E-state index contributed by atoms with van der Waals surface area (Å²) < 4.78 is 22.6. The van der Waals surface area contributed by atoms with Gasteiger partial charge in [-0.2, -0.15) is 0 Å². The maximum atomic E-state index is 11.3. The Labute approximate surface area is 109 Å². The molecule has 0 amide bonds. The third kappa shape index (κ3) is 4.46. The number of sulfone groups is 1. The minimum atomic E-state index is -3.25.